The maximum Gasteiger partial charge on any atom is 0.235 e. The Morgan fingerprint density at radius 3 is 2.38 bits per heavy atom. The van der Waals surface area contributed by atoms with E-state index < -0.39 is 22.7 Å². The summed E-state index contributed by atoms with van der Waals surface area (Å²) in [6.45, 7) is 4.12. The fraction of sp³-hybridized carbons (Fsp3) is 0.875. The molecule has 5 heteroatoms. The van der Waals surface area contributed by atoms with Crippen molar-refractivity contribution in [1.82, 2.24) is 0 Å². The maximum absolute atomic E-state index is 11.3. The quantitative estimate of drug-likeness (QED) is 0.619. The van der Waals surface area contributed by atoms with Gasteiger partial charge in [0.15, 0.2) is 0 Å². The third-order valence-electron chi connectivity index (χ3n) is 1.65. The van der Waals surface area contributed by atoms with Gasteiger partial charge >= 0.3 is 0 Å². The maximum atomic E-state index is 11.3. The largest absolute Gasteiger partial charge is 0.368 e. The van der Waals surface area contributed by atoms with Gasteiger partial charge in [-0.3, -0.25) is 9.00 Å². The number of carbonyl (C=O) groups is 1. The third-order valence-corrected chi connectivity index (χ3v) is 3.08. The lowest BCUT2D eigenvalue weighted by Crippen LogP contribution is -2.41. The summed E-state index contributed by atoms with van der Waals surface area (Å²) in [4.78, 5) is 10.5. The van der Waals surface area contributed by atoms with E-state index in [-0.39, 0.29) is 5.75 Å². The van der Waals surface area contributed by atoms with Crippen molar-refractivity contribution < 1.29 is 9.00 Å². The molecule has 78 valence electrons. The lowest BCUT2D eigenvalue weighted by atomic mass is 10.2. The Morgan fingerprint density at radius 1 is 1.46 bits per heavy atom. The van der Waals surface area contributed by atoms with Crippen LogP contribution in [0.1, 0.15) is 20.3 Å². The Bertz CT molecular complexity index is 195. The van der Waals surface area contributed by atoms with E-state index in [9.17, 15) is 9.00 Å². The Morgan fingerprint density at radius 2 is 2.00 bits per heavy atom. The van der Waals surface area contributed by atoms with Crippen LogP contribution in [0, 0.1) is 5.92 Å². The summed E-state index contributed by atoms with van der Waals surface area (Å²) in [5.41, 5.74) is 10.3. The molecule has 1 amide bonds. The minimum absolute atomic E-state index is 0.183. The molecular weight excluding hydrogens is 188 g/mol. The number of hydrogen-bond donors (Lipinski definition) is 2. The number of primary amides is 1. The van der Waals surface area contributed by atoms with Gasteiger partial charge in [-0.1, -0.05) is 13.8 Å². The van der Waals surface area contributed by atoms with Crippen molar-refractivity contribution in [2.45, 2.75) is 26.3 Å². The highest BCUT2D eigenvalue weighted by Gasteiger charge is 2.13. The molecular formula is C8H18N2O2S. The Kier molecular flexibility index (Phi) is 5.90. The second-order valence-electron chi connectivity index (χ2n) is 3.50. The minimum atomic E-state index is -1.02. The lowest BCUT2D eigenvalue weighted by Gasteiger charge is -2.08. The summed E-state index contributed by atoms with van der Waals surface area (Å²) in [6.07, 6.45) is 0.887. The second kappa shape index (κ2) is 6.10. The van der Waals surface area contributed by atoms with Gasteiger partial charge in [0, 0.05) is 22.3 Å². The average Bonchev–Trinajstić information content (AvgIpc) is 2.00. The molecule has 2 unspecified atom stereocenters. The first-order valence-corrected chi connectivity index (χ1v) is 5.82. The van der Waals surface area contributed by atoms with Crippen LogP contribution in [0.4, 0.5) is 0 Å². The molecule has 0 heterocycles. The van der Waals surface area contributed by atoms with Crippen LogP contribution in [-0.4, -0.2) is 27.7 Å². The zero-order chi connectivity index (χ0) is 10.4. The topological polar surface area (TPSA) is 86.2 Å². The SMILES string of the molecule is CC(C)CCS(=O)CC(N)C(N)=O. The van der Waals surface area contributed by atoms with Gasteiger partial charge in [-0.2, -0.15) is 0 Å². The van der Waals surface area contributed by atoms with Crippen LogP contribution in [0.2, 0.25) is 0 Å². The first-order chi connectivity index (χ1) is 5.93. The molecule has 0 aliphatic heterocycles. The van der Waals surface area contributed by atoms with Crippen LogP contribution in [-0.2, 0) is 15.6 Å². The molecule has 4 N–H and O–H groups in total. The van der Waals surface area contributed by atoms with Gasteiger partial charge in [-0.15, -0.1) is 0 Å². The minimum Gasteiger partial charge on any atom is -0.368 e. The van der Waals surface area contributed by atoms with Crippen molar-refractivity contribution in [2.75, 3.05) is 11.5 Å². The molecule has 0 fully saturated rings. The molecule has 0 aliphatic carbocycles. The Hall–Kier alpha value is -0.420. The van der Waals surface area contributed by atoms with Gasteiger partial charge in [0.05, 0.1) is 6.04 Å². The Balaban J connectivity index is 3.68. The van der Waals surface area contributed by atoms with Crippen molar-refractivity contribution >= 4 is 16.7 Å². The van der Waals surface area contributed by atoms with E-state index in [2.05, 4.69) is 13.8 Å². The molecule has 0 radical (unpaired) electrons. The van der Waals surface area contributed by atoms with Gasteiger partial charge in [0.25, 0.3) is 0 Å². The van der Waals surface area contributed by atoms with Gasteiger partial charge in [0.1, 0.15) is 0 Å². The van der Waals surface area contributed by atoms with E-state index in [0.29, 0.717) is 11.7 Å². The summed E-state index contributed by atoms with van der Waals surface area (Å²) in [6, 6.07) is -0.770. The third kappa shape index (κ3) is 6.72. The molecule has 0 aliphatic rings. The monoisotopic (exact) mass is 206 g/mol. The first kappa shape index (κ1) is 12.6. The summed E-state index contributed by atoms with van der Waals surface area (Å²) in [5.74, 6) is 0.715. The highest BCUT2D eigenvalue weighted by molar-refractivity contribution is 7.85. The summed E-state index contributed by atoms with van der Waals surface area (Å²) in [5, 5.41) is 0. The smallest absolute Gasteiger partial charge is 0.235 e. The standard InChI is InChI=1S/C8H18N2O2S/c1-6(2)3-4-13(12)5-7(9)8(10)11/h6-7H,3-5,9H2,1-2H3,(H2,10,11). The van der Waals surface area contributed by atoms with Crippen molar-refractivity contribution in [3.8, 4) is 0 Å². The van der Waals surface area contributed by atoms with Gasteiger partial charge in [0.2, 0.25) is 5.91 Å². The molecule has 0 bridgehead atoms. The highest BCUT2D eigenvalue weighted by Crippen LogP contribution is 2.01. The average molecular weight is 206 g/mol. The fourth-order valence-corrected chi connectivity index (χ4v) is 2.20. The molecule has 2 atom stereocenters. The van der Waals surface area contributed by atoms with Crippen LogP contribution in [0.3, 0.4) is 0 Å². The fourth-order valence-electron chi connectivity index (χ4n) is 0.733. The predicted octanol–water partition coefficient (Wildman–Crippen LogP) is -0.406. The molecule has 4 nitrogen and oxygen atoms in total. The summed E-state index contributed by atoms with van der Waals surface area (Å²) < 4.78 is 11.3. The molecule has 13 heavy (non-hydrogen) atoms. The van der Waals surface area contributed by atoms with Crippen molar-refractivity contribution in [3.63, 3.8) is 0 Å². The highest BCUT2D eigenvalue weighted by atomic mass is 32.2. The van der Waals surface area contributed by atoms with Crippen molar-refractivity contribution in [2.24, 2.45) is 17.4 Å². The summed E-state index contributed by atoms with van der Waals surface area (Å²) >= 11 is 0. The van der Waals surface area contributed by atoms with Crippen molar-refractivity contribution in [1.29, 1.82) is 0 Å². The zero-order valence-corrected chi connectivity index (χ0v) is 8.97. The van der Waals surface area contributed by atoms with Gasteiger partial charge in [-0.25, -0.2) is 0 Å². The molecule has 0 spiro atoms. The molecule has 0 aromatic rings. The lowest BCUT2D eigenvalue weighted by molar-refractivity contribution is -0.118. The second-order valence-corrected chi connectivity index (χ2v) is 5.12. The van der Waals surface area contributed by atoms with E-state index >= 15 is 0 Å². The van der Waals surface area contributed by atoms with Crippen LogP contribution in [0.25, 0.3) is 0 Å². The number of amides is 1. The number of nitrogens with two attached hydrogens (primary N) is 2. The van der Waals surface area contributed by atoms with Crippen molar-refractivity contribution in [3.05, 3.63) is 0 Å². The van der Waals surface area contributed by atoms with Gasteiger partial charge in [-0.05, 0) is 12.3 Å². The van der Waals surface area contributed by atoms with E-state index in [1.807, 2.05) is 0 Å². The summed E-state index contributed by atoms with van der Waals surface area (Å²) in [7, 11) is -1.02. The number of rotatable bonds is 6. The first-order valence-electron chi connectivity index (χ1n) is 4.33. The molecule has 0 saturated carbocycles. The molecule has 0 rings (SSSR count). The van der Waals surface area contributed by atoms with E-state index in [1.54, 1.807) is 0 Å². The van der Waals surface area contributed by atoms with Crippen LogP contribution >= 0.6 is 0 Å². The molecule has 0 aromatic carbocycles. The zero-order valence-electron chi connectivity index (χ0n) is 8.16. The molecule has 0 aromatic heterocycles. The van der Waals surface area contributed by atoms with E-state index in [0.717, 1.165) is 6.42 Å². The van der Waals surface area contributed by atoms with E-state index in [4.69, 9.17) is 11.5 Å². The van der Waals surface area contributed by atoms with E-state index in [1.165, 1.54) is 0 Å². The predicted molar refractivity (Wildman–Crippen MR) is 54.5 cm³/mol. The normalized spacial score (nSPS) is 15.7. The van der Waals surface area contributed by atoms with Crippen LogP contribution in [0.5, 0.6) is 0 Å². The molecule has 0 saturated heterocycles. The van der Waals surface area contributed by atoms with Crippen LogP contribution < -0.4 is 11.5 Å². The van der Waals surface area contributed by atoms with Gasteiger partial charge < -0.3 is 11.5 Å². The van der Waals surface area contributed by atoms with Crippen LogP contribution in [0.15, 0.2) is 0 Å². The number of hydrogen-bond acceptors (Lipinski definition) is 3. The Labute approximate surface area is 81.5 Å². The number of carbonyl (C=O) groups excluding carboxylic acids is 1.